The molecule has 116 valence electrons. The molecule has 0 aliphatic carbocycles. The van der Waals surface area contributed by atoms with E-state index in [1.54, 1.807) is 24.5 Å². The van der Waals surface area contributed by atoms with Crippen LogP contribution in [0.3, 0.4) is 0 Å². The van der Waals surface area contributed by atoms with Gasteiger partial charge in [0.2, 0.25) is 11.8 Å². The number of rotatable bonds is 5. The van der Waals surface area contributed by atoms with Crippen LogP contribution in [0.4, 0.5) is 10.1 Å². The van der Waals surface area contributed by atoms with Gasteiger partial charge in [0.25, 0.3) is 5.22 Å². The van der Waals surface area contributed by atoms with Crippen molar-refractivity contribution in [3.8, 4) is 11.5 Å². The van der Waals surface area contributed by atoms with Crippen LogP contribution in [0, 0.1) is 5.82 Å². The number of nitrogens with one attached hydrogen (secondary N) is 1. The Kier molecular flexibility index (Phi) is 4.62. The smallest absolute Gasteiger partial charge is 0.277 e. The summed E-state index contributed by atoms with van der Waals surface area (Å²) in [6, 6.07) is 9.05. The van der Waals surface area contributed by atoms with Gasteiger partial charge in [0.15, 0.2) is 0 Å². The van der Waals surface area contributed by atoms with E-state index in [1.165, 1.54) is 24.3 Å². The lowest BCUT2D eigenvalue weighted by atomic mass is 10.3. The summed E-state index contributed by atoms with van der Waals surface area (Å²) in [6.07, 6.45) is 3.25. The average molecular weight is 330 g/mol. The highest BCUT2D eigenvalue weighted by Gasteiger charge is 2.11. The maximum absolute atomic E-state index is 12.8. The molecule has 0 aliphatic heterocycles. The van der Waals surface area contributed by atoms with E-state index in [4.69, 9.17) is 4.42 Å². The monoisotopic (exact) mass is 330 g/mol. The Balaban J connectivity index is 1.55. The molecule has 0 atom stereocenters. The molecule has 3 aromatic rings. The third-order valence-corrected chi connectivity index (χ3v) is 3.61. The van der Waals surface area contributed by atoms with Crippen molar-refractivity contribution in [1.82, 2.24) is 15.2 Å². The van der Waals surface area contributed by atoms with E-state index in [-0.39, 0.29) is 17.5 Å². The van der Waals surface area contributed by atoms with Crippen LogP contribution in [0.15, 0.2) is 58.4 Å². The van der Waals surface area contributed by atoms with E-state index in [0.717, 1.165) is 17.3 Å². The highest BCUT2D eigenvalue weighted by molar-refractivity contribution is 7.99. The highest BCUT2D eigenvalue weighted by Crippen LogP contribution is 2.22. The molecule has 0 fully saturated rings. The van der Waals surface area contributed by atoms with Gasteiger partial charge in [0.05, 0.1) is 5.75 Å². The van der Waals surface area contributed by atoms with Gasteiger partial charge in [-0.15, -0.1) is 10.2 Å². The Labute approximate surface area is 135 Å². The second-order valence-electron chi connectivity index (χ2n) is 4.45. The van der Waals surface area contributed by atoms with Crippen LogP contribution in [-0.2, 0) is 4.79 Å². The largest absolute Gasteiger partial charge is 0.411 e. The van der Waals surface area contributed by atoms with Gasteiger partial charge in [0, 0.05) is 23.6 Å². The molecule has 3 rings (SSSR count). The van der Waals surface area contributed by atoms with E-state index in [9.17, 15) is 9.18 Å². The molecule has 8 heteroatoms. The number of pyridine rings is 1. The molecule has 2 heterocycles. The number of hydrogen-bond acceptors (Lipinski definition) is 6. The Morgan fingerprint density at radius 1 is 1.13 bits per heavy atom. The van der Waals surface area contributed by atoms with Crippen molar-refractivity contribution < 1.29 is 13.6 Å². The van der Waals surface area contributed by atoms with Crippen molar-refractivity contribution in [3.05, 3.63) is 54.6 Å². The van der Waals surface area contributed by atoms with E-state index in [1.807, 2.05) is 0 Å². The van der Waals surface area contributed by atoms with Crippen molar-refractivity contribution in [2.45, 2.75) is 5.22 Å². The van der Waals surface area contributed by atoms with Crippen LogP contribution in [0.5, 0.6) is 0 Å². The second-order valence-corrected chi connectivity index (χ2v) is 5.38. The summed E-state index contributed by atoms with van der Waals surface area (Å²) in [5.74, 6) is -0.124. The zero-order valence-electron chi connectivity index (χ0n) is 11.8. The normalized spacial score (nSPS) is 10.5. The van der Waals surface area contributed by atoms with Crippen LogP contribution in [0.1, 0.15) is 0 Å². The molecule has 0 bridgehead atoms. The third kappa shape index (κ3) is 4.13. The standard InChI is InChI=1S/C15H11FN4O2S/c16-11-1-3-12(4-2-11)18-13(21)9-23-15-20-19-14(22-15)10-5-7-17-8-6-10/h1-8H,9H2,(H,18,21). The van der Waals surface area contributed by atoms with Gasteiger partial charge in [-0.05, 0) is 36.4 Å². The number of hydrogen-bond donors (Lipinski definition) is 1. The Morgan fingerprint density at radius 2 is 1.87 bits per heavy atom. The first kappa shape index (κ1) is 15.2. The summed E-state index contributed by atoms with van der Waals surface area (Å²) >= 11 is 1.12. The Morgan fingerprint density at radius 3 is 2.61 bits per heavy atom. The average Bonchev–Trinajstić information content (AvgIpc) is 3.05. The van der Waals surface area contributed by atoms with E-state index in [2.05, 4.69) is 20.5 Å². The summed E-state index contributed by atoms with van der Waals surface area (Å²) in [7, 11) is 0. The molecule has 0 unspecified atom stereocenters. The summed E-state index contributed by atoms with van der Waals surface area (Å²) < 4.78 is 18.3. The van der Waals surface area contributed by atoms with Crippen LogP contribution in [0.25, 0.3) is 11.5 Å². The molecular formula is C15H11FN4O2S. The molecule has 2 aromatic heterocycles. The summed E-state index contributed by atoms with van der Waals surface area (Å²) in [4.78, 5) is 15.7. The van der Waals surface area contributed by atoms with E-state index < -0.39 is 0 Å². The molecule has 1 amide bonds. The van der Waals surface area contributed by atoms with Gasteiger partial charge in [0.1, 0.15) is 5.82 Å². The maximum Gasteiger partial charge on any atom is 0.277 e. The number of anilines is 1. The first-order valence-electron chi connectivity index (χ1n) is 6.63. The maximum atomic E-state index is 12.8. The third-order valence-electron chi connectivity index (χ3n) is 2.79. The first-order chi connectivity index (χ1) is 11.2. The number of carbonyl (C=O) groups excluding carboxylic acids is 1. The lowest BCUT2D eigenvalue weighted by Gasteiger charge is -2.03. The number of amides is 1. The minimum atomic E-state index is -0.355. The molecule has 6 nitrogen and oxygen atoms in total. The van der Waals surface area contributed by atoms with E-state index >= 15 is 0 Å². The van der Waals surface area contributed by atoms with Crippen molar-refractivity contribution >= 4 is 23.4 Å². The minimum Gasteiger partial charge on any atom is -0.411 e. The lowest BCUT2D eigenvalue weighted by Crippen LogP contribution is -2.13. The number of nitrogens with zero attached hydrogens (tertiary/aromatic N) is 3. The van der Waals surface area contributed by atoms with Gasteiger partial charge in [-0.2, -0.15) is 0 Å². The quantitative estimate of drug-likeness (QED) is 0.724. The molecule has 0 radical (unpaired) electrons. The van der Waals surface area contributed by atoms with E-state index in [0.29, 0.717) is 16.8 Å². The van der Waals surface area contributed by atoms with Gasteiger partial charge in [-0.1, -0.05) is 11.8 Å². The fourth-order valence-corrected chi connectivity index (χ4v) is 2.30. The van der Waals surface area contributed by atoms with Gasteiger partial charge in [-0.3, -0.25) is 9.78 Å². The van der Waals surface area contributed by atoms with Crippen molar-refractivity contribution in [2.75, 3.05) is 11.1 Å². The van der Waals surface area contributed by atoms with Crippen molar-refractivity contribution in [1.29, 1.82) is 0 Å². The molecule has 1 N–H and O–H groups in total. The minimum absolute atomic E-state index is 0.107. The molecule has 0 aliphatic rings. The molecule has 0 spiro atoms. The number of halogens is 1. The van der Waals surface area contributed by atoms with Gasteiger partial charge < -0.3 is 9.73 Å². The number of aromatic nitrogens is 3. The Bertz CT molecular complexity index is 793. The number of carbonyl (C=O) groups is 1. The number of benzene rings is 1. The molecule has 1 aromatic carbocycles. The highest BCUT2D eigenvalue weighted by atomic mass is 32.2. The van der Waals surface area contributed by atoms with Crippen molar-refractivity contribution in [3.63, 3.8) is 0 Å². The fourth-order valence-electron chi connectivity index (χ4n) is 1.74. The zero-order chi connectivity index (χ0) is 16.1. The summed E-state index contributed by atoms with van der Waals surface area (Å²) in [5, 5.41) is 10.7. The van der Waals surface area contributed by atoms with Crippen LogP contribution < -0.4 is 5.32 Å². The topological polar surface area (TPSA) is 80.9 Å². The zero-order valence-corrected chi connectivity index (χ0v) is 12.6. The SMILES string of the molecule is O=C(CSc1nnc(-c2ccncc2)o1)Nc1ccc(F)cc1. The number of thioether (sulfide) groups is 1. The molecule has 0 saturated carbocycles. The molecular weight excluding hydrogens is 319 g/mol. The predicted octanol–water partition coefficient (Wildman–Crippen LogP) is 3.00. The van der Waals surface area contributed by atoms with Gasteiger partial charge in [-0.25, -0.2) is 4.39 Å². The Hall–Kier alpha value is -2.74. The van der Waals surface area contributed by atoms with Crippen LogP contribution in [0.2, 0.25) is 0 Å². The van der Waals surface area contributed by atoms with Crippen molar-refractivity contribution in [2.24, 2.45) is 0 Å². The van der Waals surface area contributed by atoms with Gasteiger partial charge >= 0.3 is 0 Å². The predicted molar refractivity (Wildman–Crippen MR) is 83.3 cm³/mol. The summed E-state index contributed by atoms with van der Waals surface area (Å²) in [5.41, 5.74) is 1.29. The molecule has 23 heavy (non-hydrogen) atoms. The molecule has 0 saturated heterocycles. The fraction of sp³-hybridized carbons (Fsp3) is 0.0667. The first-order valence-corrected chi connectivity index (χ1v) is 7.61. The summed E-state index contributed by atoms with van der Waals surface area (Å²) in [6.45, 7) is 0. The van der Waals surface area contributed by atoms with Crippen LogP contribution in [-0.4, -0.2) is 26.8 Å². The lowest BCUT2D eigenvalue weighted by molar-refractivity contribution is -0.113. The van der Waals surface area contributed by atoms with Crippen LogP contribution >= 0.6 is 11.8 Å². The second kappa shape index (κ2) is 7.01.